The molecule has 0 heterocycles. The van der Waals surface area contributed by atoms with E-state index in [1.807, 2.05) is 31.2 Å². The third-order valence-corrected chi connectivity index (χ3v) is 2.62. The Morgan fingerprint density at radius 2 is 2.00 bits per heavy atom. The number of benzene rings is 1. The Bertz CT molecular complexity index is 332. The Labute approximate surface area is 103 Å². The maximum atomic E-state index is 9.66. The Morgan fingerprint density at radius 3 is 2.53 bits per heavy atom. The Hall–Kier alpha value is -1.32. The summed E-state index contributed by atoms with van der Waals surface area (Å²) >= 11 is 0. The number of methoxy groups -OCH3 is 1. The predicted octanol–water partition coefficient (Wildman–Crippen LogP) is 2.54. The third-order valence-electron chi connectivity index (χ3n) is 2.62. The summed E-state index contributed by atoms with van der Waals surface area (Å²) in [5.74, 6) is 0.827. The van der Waals surface area contributed by atoms with E-state index in [1.165, 1.54) is 0 Å². The molecule has 1 rings (SSSR count). The number of hydrogen-bond acceptors (Lipinski definition) is 3. The van der Waals surface area contributed by atoms with Crippen molar-refractivity contribution in [2.24, 2.45) is 0 Å². The average Bonchev–Trinajstić information content (AvgIpc) is 2.36. The molecular weight excluding hydrogens is 216 g/mol. The monoisotopic (exact) mass is 236 g/mol. The minimum Gasteiger partial charge on any atom is -0.497 e. The standard InChI is InChI=1S/C14H20O3/c1-4-5-14(15)11(2)17-10-12-6-8-13(16-3)9-7-12/h4,6-9,11,14-15H,1,5,10H2,2-3H3/t11-,14+/m1/s1. The van der Waals surface area contributed by atoms with Gasteiger partial charge in [0.15, 0.2) is 0 Å². The van der Waals surface area contributed by atoms with Gasteiger partial charge in [0.2, 0.25) is 0 Å². The highest BCUT2D eigenvalue weighted by Crippen LogP contribution is 2.13. The first-order valence-electron chi connectivity index (χ1n) is 5.71. The second-order valence-electron chi connectivity index (χ2n) is 3.96. The quantitative estimate of drug-likeness (QED) is 0.739. The topological polar surface area (TPSA) is 38.7 Å². The first-order chi connectivity index (χ1) is 8.17. The number of hydrogen-bond donors (Lipinski definition) is 1. The summed E-state index contributed by atoms with van der Waals surface area (Å²) < 4.78 is 10.7. The minimum absolute atomic E-state index is 0.199. The van der Waals surface area contributed by atoms with Crippen molar-refractivity contribution < 1.29 is 14.6 Å². The first kappa shape index (κ1) is 13.7. The van der Waals surface area contributed by atoms with E-state index in [9.17, 15) is 5.11 Å². The van der Waals surface area contributed by atoms with Crippen LogP contribution in [0.15, 0.2) is 36.9 Å². The van der Waals surface area contributed by atoms with Gasteiger partial charge in [0.25, 0.3) is 0 Å². The molecule has 0 spiro atoms. The Balaban J connectivity index is 2.41. The molecule has 0 aromatic heterocycles. The summed E-state index contributed by atoms with van der Waals surface area (Å²) in [5, 5.41) is 9.66. The lowest BCUT2D eigenvalue weighted by Gasteiger charge is -2.18. The first-order valence-corrected chi connectivity index (χ1v) is 5.71. The SMILES string of the molecule is C=CC[C@H](O)[C@@H](C)OCc1ccc(OC)cc1. The van der Waals surface area contributed by atoms with Crippen molar-refractivity contribution in [3.05, 3.63) is 42.5 Å². The van der Waals surface area contributed by atoms with Gasteiger partial charge in [-0.05, 0) is 31.0 Å². The lowest BCUT2D eigenvalue weighted by Crippen LogP contribution is -2.25. The van der Waals surface area contributed by atoms with Crippen LogP contribution < -0.4 is 4.74 Å². The maximum Gasteiger partial charge on any atom is 0.118 e. The van der Waals surface area contributed by atoms with Crippen LogP contribution in [0.2, 0.25) is 0 Å². The number of rotatable bonds is 7. The van der Waals surface area contributed by atoms with E-state index < -0.39 is 6.10 Å². The summed E-state index contributed by atoms with van der Waals surface area (Å²) in [4.78, 5) is 0. The zero-order valence-corrected chi connectivity index (χ0v) is 10.4. The zero-order chi connectivity index (χ0) is 12.7. The fourth-order valence-corrected chi connectivity index (χ4v) is 1.42. The van der Waals surface area contributed by atoms with Crippen molar-refractivity contribution in [2.45, 2.75) is 32.2 Å². The van der Waals surface area contributed by atoms with E-state index >= 15 is 0 Å². The zero-order valence-electron chi connectivity index (χ0n) is 10.4. The lowest BCUT2D eigenvalue weighted by molar-refractivity contribution is -0.0333. The molecule has 1 aromatic carbocycles. The van der Waals surface area contributed by atoms with Crippen LogP contribution in [-0.2, 0) is 11.3 Å². The molecule has 0 aliphatic heterocycles. The van der Waals surface area contributed by atoms with Gasteiger partial charge in [0.05, 0.1) is 25.9 Å². The smallest absolute Gasteiger partial charge is 0.118 e. The largest absolute Gasteiger partial charge is 0.497 e. The third kappa shape index (κ3) is 4.59. The molecule has 94 valence electrons. The predicted molar refractivity (Wildman–Crippen MR) is 68.1 cm³/mol. The summed E-state index contributed by atoms with van der Waals surface area (Å²) in [6.07, 6.45) is 1.54. The Kier molecular flexibility index (Phi) is 5.73. The summed E-state index contributed by atoms with van der Waals surface area (Å²) in [5.41, 5.74) is 1.06. The molecule has 0 unspecified atom stereocenters. The molecule has 0 radical (unpaired) electrons. The van der Waals surface area contributed by atoms with Crippen molar-refractivity contribution in [3.63, 3.8) is 0 Å². The molecule has 0 saturated carbocycles. The number of aliphatic hydroxyl groups excluding tert-OH is 1. The molecule has 0 aliphatic rings. The number of aliphatic hydroxyl groups is 1. The van der Waals surface area contributed by atoms with Crippen molar-refractivity contribution >= 4 is 0 Å². The lowest BCUT2D eigenvalue weighted by atomic mass is 10.1. The van der Waals surface area contributed by atoms with Crippen LogP contribution in [0.4, 0.5) is 0 Å². The average molecular weight is 236 g/mol. The molecule has 1 aromatic rings. The van der Waals surface area contributed by atoms with E-state index in [1.54, 1.807) is 13.2 Å². The highest BCUT2D eigenvalue weighted by atomic mass is 16.5. The molecular formula is C14H20O3. The van der Waals surface area contributed by atoms with E-state index in [2.05, 4.69) is 6.58 Å². The van der Waals surface area contributed by atoms with Crippen LogP contribution in [0.3, 0.4) is 0 Å². The van der Waals surface area contributed by atoms with Crippen LogP contribution in [0, 0.1) is 0 Å². The molecule has 0 bridgehead atoms. The number of ether oxygens (including phenoxy) is 2. The second-order valence-corrected chi connectivity index (χ2v) is 3.96. The van der Waals surface area contributed by atoms with Crippen molar-refractivity contribution in [1.29, 1.82) is 0 Å². The normalized spacial score (nSPS) is 14.1. The van der Waals surface area contributed by atoms with E-state index in [0.29, 0.717) is 13.0 Å². The van der Waals surface area contributed by atoms with E-state index in [0.717, 1.165) is 11.3 Å². The fourth-order valence-electron chi connectivity index (χ4n) is 1.42. The van der Waals surface area contributed by atoms with Crippen LogP contribution in [0.1, 0.15) is 18.9 Å². The van der Waals surface area contributed by atoms with Gasteiger partial charge in [-0.1, -0.05) is 18.2 Å². The molecule has 0 saturated heterocycles. The highest BCUT2D eigenvalue weighted by molar-refractivity contribution is 5.26. The van der Waals surface area contributed by atoms with Gasteiger partial charge in [-0.2, -0.15) is 0 Å². The highest BCUT2D eigenvalue weighted by Gasteiger charge is 2.12. The van der Waals surface area contributed by atoms with Gasteiger partial charge in [0, 0.05) is 0 Å². The van der Waals surface area contributed by atoms with Gasteiger partial charge in [0.1, 0.15) is 5.75 Å². The van der Waals surface area contributed by atoms with Gasteiger partial charge >= 0.3 is 0 Å². The van der Waals surface area contributed by atoms with Gasteiger partial charge in [-0.25, -0.2) is 0 Å². The van der Waals surface area contributed by atoms with Crippen LogP contribution in [0.5, 0.6) is 5.75 Å². The van der Waals surface area contributed by atoms with Crippen LogP contribution in [-0.4, -0.2) is 24.4 Å². The molecule has 17 heavy (non-hydrogen) atoms. The van der Waals surface area contributed by atoms with Crippen LogP contribution in [0.25, 0.3) is 0 Å². The van der Waals surface area contributed by atoms with Crippen molar-refractivity contribution in [1.82, 2.24) is 0 Å². The van der Waals surface area contributed by atoms with Crippen molar-refractivity contribution in [2.75, 3.05) is 7.11 Å². The minimum atomic E-state index is -0.495. The van der Waals surface area contributed by atoms with E-state index in [4.69, 9.17) is 9.47 Å². The Morgan fingerprint density at radius 1 is 1.35 bits per heavy atom. The van der Waals surface area contributed by atoms with Gasteiger partial charge < -0.3 is 14.6 Å². The molecule has 2 atom stereocenters. The maximum absolute atomic E-state index is 9.66. The van der Waals surface area contributed by atoms with Gasteiger partial charge in [-0.15, -0.1) is 6.58 Å². The molecule has 0 amide bonds. The second kappa shape index (κ2) is 7.09. The fraction of sp³-hybridized carbons (Fsp3) is 0.429. The molecule has 1 N–H and O–H groups in total. The summed E-state index contributed by atoms with van der Waals surface area (Å²) in [7, 11) is 1.64. The summed E-state index contributed by atoms with van der Waals surface area (Å²) in [6, 6.07) is 7.68. The van der Waals surface area contributed by atoms with Crippen molar-refractivity contribution in [3.8, 4) is 5.75 Å². The molecule has 3 nitrogen and oxygen atoms in total. The van der Waals surface area contributed by atoms with E-state index in [-0.39, 0.29) is 6.10 Å². The molecule has 0 aliphatic carbocycles. The van der Waals surface area contributed by atoms with Crippen LogP contribution >= 0.6 is 0 Å². The van der Waals surface area contributed by atoms with Gasteiger partial charge in [-0.3, -0.25) is 0 Å². The molecule has 0 fully saturated rings. The summed E-state index contributed by atoms with van der Waals surface area (Å²) in [6.45, 7) is 5.94. The molecule has 3 heteroatoms.